The number of aliphatic hydroxyl groups excluding tert-OH is 1. The minimum Gasteiger partial charge on any atom is -0.396 e. The lowest BCUT2D eigenvalue weighted by atomic mass is 9.74. The second-order valence-corrected chi connectivity index (χ2v) is 6.88. The molecule has 2 nitrogen and oxygen atoms in total. The molecule has 0 spiro atoms. The van der Waals surface area contributed by atoms with Gasteiger partial charge in [0.15, 0.2) is 0 Å². The van der Waals surface area contributed by atoms with Gasteiger partial charge in [0.25, 0.3) is 0 Å². The van der Waals surface area contributed by atoms with Crippen LogP contribution in [0.5, 0.6) is 0 Å². The second-order valence-electron chi connectivity index (χ2n) is 6.88. The molecule has 17 heavy (non-hydrogen) atoms. The Morgan fingerprint density at radius 3 is 2.47 bits per heavy atom. The first-order chi connectivity index (χ1) is 8.31. The molecule has 3 saturated carbocycles. The van der Waals surface area contributed by atoms with Crippen molar-refractivity contribution in [2.24, 2.45) is 17.3 Å². The molecule has 0 aliphatic heterocycles. The molecule has 2 heteroatoms. The normalized spacial score (nSPS) is 39.7. The van der Waals surface area contributed by atoms with Crippen molar-refractivity contribution < 1.29 is 5.11 Å². The Morgan fingerprint density at radius 2 is 1.88 bits per heavy atom. The largest absolute Gasteiger partial charge is 0.396 e. The number of hydrogen-bond donors (Lipinski definition) is 2. The van der Waals surface area contributed by atoms with Gasteiger partial charge in [-0.2, -0.15) is 0 Å². The van der Waals surface area contributed by atoms with Crippen LogP contribution in [0.15, 0.2) is 0 Å². The number of hydrogen-bond acceptors (Lipinski definition) is 2. The number of aliphatic hydroxyl groups is 1. The van der Waals surface area contributed by atoms with E-state index < -0.39 is 0 Å². The SMILES string of the molecule is OCC1(CNC2CC3CCC2C3)CCCCC1. The summed E-state index contributed by atoms with van der Waals surface area (Å²) in [5.74, 6) is 1.98. The van der Waals surface area contributed by atoms with Crippen molar-refractivity contribution in [2.75, 3.05) is 13.2 Å². The maximum absolute atomic E-state index is 9.71. The molecule has 3 aliphatic rings. The summed E-state index contributed by atoms with van der Waals surface area (Å²) in [5.41, 5.74) is 0.222. The van der Waals surface area contributed by atoms with E-state index in [-0.39, 0.29) is 5.41 Å². The highest BCUT2D eigenvalue weighted by Crippen LogP contribution is 2.45. The van der Waals surface area contributed by atoms with Crippen LogP contribution in [0.2, 0.25) is 0 Å². The summed E-state index contributed by atoms with van der Waals surface area (Å²) >= 11 is 0. The fourth-order valence-electron chi connectivity index (χ4n) is 4.53. The van der Waals surface area contributed by atoms with Crippen LogP contribution < -0.4 is 5.32 Å². The van der Waals surface area contributed by atoms with E-state index in [0.717, 1.165) is 24.4 Å². The molecule has 3 rings (SSSR count). The minimum absolute atomic E-state index is 0.222. The Balaban J connectivity index is 1.52. The van der Waals surface area contributed by atoms with E-state index in [1.54, 1.807) is 0 Å². The molecule has 0 aromatic heterocycles. The van der Waals surface area contributed by atoms with Crippen LogP contribution in [-0.4, -0.2) is 24.3 Å². The first kappa shape index (κ1) is 12.0. The zero-order chi connectivity index (χ0) is 11.7. The summed E-state index contributed by atoms with van der Waals surface area (Å²) in [7, 11) is 0. The monoisotopic (exact) mass is 237 g/mol. The quantitative estimate of drug-likeness (QED) is 0.788. The van der Waals surface area contributed by atoms with Gasteiger partial charge in [-0.1, -0.05) is 25.7 Å². The van der Waals surface area contributed by atoms with Gasteiger partial charge in [-0.05, 0) is 43.9 Å². The second kappa shape index (κ2) is 4.89. The predicted molar refractivity (Wildman–Crippen MR) is 69.8 cm³/mol. The fourth-order valence-corrected chi connectivity index (χ4v) is 4.53. The Morgan fingerprint density at radius 1 is 1.06 bits per heavy atom. The van der Waals surface area contributed by atoms with Gasteiger partial charge in [0.2, 0.25) is 0 Å². The van der Waals surface area contributed by atoms with Gasteiger partial charge in [0.05, 0.1) is 0 Å². The Bertz CT molecular complexity index is 260. The molecule has 2 bridgehead atoms. The Hall–Kier alpha value is -0.0800. The van der Waals surface area contributed by atoms with Crippen LogP contribution >= 0.6 is 0 Å². The van der Waals surface area contributed by atoms with E-state index in [1.807, 2.05) is 0 Å². The number of fused-ring (bicyclic) bond motifs is 2. The molecule has 0 heterocycles. The maximum Gasteiger partial charge on any atom is 0.0499 e. The van der Waals surface area contributed by atoms with Gasteiger partial charge in [-0.25, -0.2) is 0 Å². The third-order valence-electron chi connectivity index (χ3n) is 5.73. The Kier molecular flexibility index (Phi) is 3.45. The summed E-state index contributed by atoms with van der Waals surface area (Å²) in [6, 6.07) is 0.777. The van der Waals surface area contributed by atoms with Gasteiger partial charge in [-0.15, -0.1) is 0 Å². The molecule has 0 aromatic carbocycles. The zero-order valence-electron chi connectivity index (χ0n) is 11.0. The van der Waals surface area contributed by atoms with Gasteiger partial charge < -0.3 is 10.4 Å². The highest BCUT2D eigenvalue weighted by Gasteiger charge is 2.40. The molecule has 3 aliphatic carbocycles. The van der Waals surface area contributed by atoms with Crippen molar-refractivity contribution in [3.05, 3.63) is 0 Å². The van der Waals surface area contributed by atoms with E-state index in [2.05, 4.69) is 5.32 Å². The lowest BCUT2D eigenvalue weighted by molar-refractivity contribution is 0.0757. The van der Waals surface area contributed by atoms with Crippen LogP contribution in [0.25, 0.3) is 0 Å². The number of rotatable bonds is 4. The summed E-state index contributed by atoms with van der Waals surface area (Å²) < 4.78 is 0. The lowest BCUT2D eigenvalue weighted by Gasteiger charge is -2.37. The van der Waals surface area contributed by atoms with Crippen molar-refractivity contribution >= 4 is 0 Å². The molecular weight excluding hydrogens is 210 g/mol. The van der Waals surface area contributed by atoms with Gasteiger partial charge in [0, 0.05) is 24.6 Å². The van der Waals surface area contributed by atoms with Crippen LogP contribution in [0, 0.1) is 17.3 Å². The van der Waals surface area contributed by atoms with Crippen LogP contribution in [-0.2, 0) is 0 Å². The van der Waals surface area contributed by atoms with Gasteiger partial charge >= 0.3 is 0 Å². The Labute approximate surface area is 105 Å². The molecule has 2 N–H and O–H groups in total. The van der Waals surface area contributed by atoms with E-state index in [9.17, 15) is 5.11 Å². The van der Waals surface area contributed by atoms with E-state index in [4.69, 9.17) is 0 Å². The predicted octanol–water partition coefficient (Wildman–Crippen LogP) is 2.71. The fraction of sp³-hybridized carbons (Fsp3) is 1.00. The molecule has 0 amide bonds. The summed E-state index contributed by atoms with van der Waals surface area (Å²) in [6.07, 6.45) is 12.3. The summed E-state index contributed by atoms with van der Waals surface area (Å²) in [6.45, 7) is 1.46. The van der Waals surface area contributed by atoms with Gasteiger partial charge in [-0.3, -0.25) is 0 Å². The van der Waals surface area contributed by atoms with E-state index >= 15 is 0 Å². The van der Waals surface area contributed by atoms with Crippen molar-refractivity contribution in [1.82, 2.24) is 5.32 Å². The third-order valence-corrected chi connectivity index (χ3v) is 5.73. The topological polar surface area (TPSA) is 32.3 Å². The lowest BCUT2D eigenvalue weighted by Crippen LogP contribution is -2.44. The first-order valence-electron chi connectivity index (χ1n) is 7.66. The van der Waals surface area contributed by atoms with Crippen molar-refractivity contribution in [2.45, 2.75) is 63.8 Å². The van der Waals surface area contributed by atoms with E-state index in [1.165, 1.54) is 57.8 Å². The summed E-state index contributed by atoms with van der Waals surface area (Å²) in [5, 5.41) is 13.5. The van der Waals surface area contributed by atoms with Gasteiger partial charge in [0.1, 0.15) is 0 Å². The molecule has 0 saturated heterocycles. The van der Waals surface area contributed by atoms with Crippen LogP contribution in [0.3, 0.4) is 0 Å². The van der Waals surface area contributed by atoms with Crippen LogP contribution in [0.1, 0.15) is 57.8 Å². The van der Waals surface area contributed by atoms with E-state index in [0.29, 0.717) is 6.61 Å². The van der Waals surface area contributed by atoms with Crippen LogP contribution in [0.4, 0.5) is 0 Å². The molecule has 3 fully saturated rings. The average Bonchev–Trinajstić information content (AvgIpc) is 3.00. The number of nitrogens with one attached hydrogen (secondary N) is 1. The first-order valence-corrected chi connectivity index (χ1v) is 7.66. The van der Waals surface area contributed by atoms with Crippen molar-refractivity contribution in [3.8, 4) is 0 Å². The molecular formula is C15H27NO. The highest BCUT2D eigenvalue weighted by atomic mass is 16.3. The third kappa shape index (κ3) is 2.39. The highest BCUT2D eigenvalue weighted by molar-refractivity contribution is 4.95. The molecule has 0 radical (unpaired) electrons. The summed E-state index contributed by atoms with van der Waals surface area (Å²) in [4.78, 5) is 0. The van der Waals surface area contributed by atoms with Crippen molar-refractivity contribution in [1.29, 1.82) is 0 Å². The maximum atomic E-state index is 9.71. The molecule has 0 aromatic rings. The molecule has 3 atom stereocenters. The average molecular weight is 237 g/mol. The standard InChI is InChI=1S/C15H27NO/c17-11-15(6-2-1-3-7-15)10-16-14-9-12-4-5-13(14)8-12/h12-14,16-17H,1-11H2. The zero-order valence-corrected chi connectivity index (χ0v) is 11.0. The molecule has 98 valence electrons. The smallest absolute Gasteiger partial charge is 0.0499 e. The van der Waals surface area contributed by atoms with Crippen molar-refractivity contribution in [3.63, 3.8) is 0 Å². The molecule has 3 unspecified atom stereocenters. The minimum atomic E-state index is 0.222.